The molecule has 0 aliphatic rings. The average Bonchev–Trinajstić information content (AvgIpc) is 2.81. The maximum atomic E-state index is 12.1. The van der Waals surface area contributed by atoms with Crippen molar-refractivity contribution >= 4 is 52.5 Å². The number of hydrogen-bond acceptors (Lipinski definition) is 5. The van der Waals surface area contributed by atoms with E-state index in [1.807, 2.05) is 54.6 Å². The van der Waals surface area contributed by atoms with Crippen LogP contribution in [0.5, 0.6) is 0 Å². The van der Waals surface area contributed by atoms with Gasteiger partial charge in [0, 0.05) is 39.0 Å². The van der Waals surface area contributed by atoms with Gasteiger partial charge in [-0.1, -0.05) is 41.6 Å². The lowest BCUT2D eigenvalue weighted by Gasteiger charge is -2.08. The summed E-state index contributed by atoms with van der Waals surface area (Å²) < 4.78 is 4.95. The van der Waals surface area contributed by atoms with E-state index >= 15 is 0 Å². The van der Waals surface area contributed by atoms with Gasteiger partial charge in [0.05, 0.1) is 0 Å². The average molecular weight is 483 g/mol. The number of para-hydroxylation sites is 1. The van der Waals surface area contributed by atoms with Crippen LogP contribution in [0.25, 0.3) is 0 Å². The molecule has 170 valence electrons. The fraction of sp³-hybridized carbons (Fsp3) is 0.160. The molecule has 8 heteroatoms. The molecule has 33 heavy (non-hydrogen) atoms. The van der Waals surface area contributed by atoms with Crippen LogP contribution >= 0.6 is 23.4 Å². The van der Waals surface area contributed by atoms with Crippen LogP contribution in [0.2, 0.25) is 5.02 Å². The highest BCUT2D eigenvalue weighted by atomic mass is 35.5. The molecule has 3 aromatic rings. The predicted octanol–water partition coefficient (Wildman–Crippen LogP) is 5.78. The number of hydrogen-bond donors (Lipinski definition) is 2. The Morgan fingerprint density at radius 1 is 0.727 bits per heavy atom. The van der Waals surface area contributed by atoms with Crippen molar-refractivity contribution in [3.05, 3.63) is 83.9 Å². The second-order valence-corrected chi connectivity index (χ2v) is 8.64. The molecule has 6 nitrogen and oxygen atoms in total. The number of rotatable bonds is 10. The molecule has 0 bridgehead atoms. The molecule has 0 heterocycles. The minimum Gasteiger partial charge on any atom is -0.456 e. The maximum absolute atomic E-state index is 12.1. The third-order valence-electron chi connectivity index (χ3n) is 4.39. The third-order valence-corrected chi connectivity index (χ3v) is 5.66. The molecule has 0 fully saturated rings. The van der Waals surface area contributed by atoms with Gasteiger partial charge in [-0.15, -0.1) is 0 Å². The maximum Gasteiger partial charge on any atom is 0.306 e. The minimum absolute atomic E-state index is 0.0582. The van der Waals surface area contributed by atoms with Gasteiger partial charge in [-0.25, -0.2) is 0 Å². The highest BCUT2D eigenvalue weighted by molar-refractivity contribution is 7.99. The van der Waals surface area contributed by atoms with E-state index in [1.54, 1.807) is 36.0 Å². The van der Waals surface area contributed by atoms with Crippen molar-refractivity contribution in [3.8, 4) is 0 Å². The summed E-state index contributed by atoms with van der Waals surface area (Å²) in [5.41, 5.74) is 1.31. The zero-order chi connectivity index (χ0) is 23.5. The summed E-state index contributed by atoms with van der Waals surface area (Å²) in [6, 6.07) is 24.0. The quantitative estimate of drug-likeness (QED) is 0.358. The first-order chi connectivity index (χ1) is 16.0. The van der Waals surface area contributed by atoms with Gasteiger partial charge >= 0.3 is 5.97 Å². The minimum atomic E-state index is -0.519. The van der Waals surface area contributed by atoms with Crippen molar-refractivity contribution in [2.75, 3.05) is 17.2 Å². The summed E-state index contributed by atoms with van der Waals surface area (Å²) in [7, 11) is 0. The van der Waals surface area contributed by atoms with Gasteiger partial charge in [-0.2, -0.15) is 0 Å². The van der Waals surface area contributed by atoms with Gasteiger partial charge in [0.2, 0.25) is 5.91 Å². The van der Waals surface area contributed by atoms with E-state index in [9.17, 15) is 14.4 Å². The summed E-state index contributed by atoms with van der Waals surface area (Å²) in [6.45, 7) is -0.361. The number of carbonyl (C=O) groups is 3. The molecule has 3 rings (SSSR count). The number of benzene rings is 3. The van der Waals surface area contributed by atoms with E-state index in [2.05, 4.69) is 10.6 Å². The molecule has 0 saturated heterocycles. The van der Waals surface area contributed by atoms with Crippen LogP contribution in [0.1, 0.15) is 19.3 Å². The first-order valence-corrected chi connectivity index (χ1v) is 11.5. The number of anilines is 2. The fourth-order valence-corrected chi connectivity index (χ4v) is 3.74. The number of nitrogens with one attached hydrogen (secondary N) is 2. The molecule has 0 unspecified atom stereocenters. The smallest absolute Gasteiger partial charge is 0.306 e. The van der Waals surface area contributed by atoms with E-state index < -0.39 is 11.9 Å². The van der Waals surface area contributed by atoms with Crippen LogP contribution in [0, 0.1) is 0 Å². The molecule has 2 amide bonds. The van der Waals surface area contributed by atoms with Crippen molar-refractivity contribution in [3.63, 3.8) is 0 Å². The topological polar surface area (TPSA) is 84.5 Å². The Kier molecular flexibility index (Phi) is 9.35. The van der Waals surface area contributed by atoms with Gasteiger partial charge in [0.1, 0.15) is 0 Å². The van der Waals surface area contributed by atoms with E-state index in [0.29, 0.717) is 22.8 Å². The summed E-state index contributed by atoms with van der Waals surface area (Å²) in [5.74, 6) is -1.12. The van der Waals surface area contributed by atoms with E-state index in [0.717, 1.165) is 9.79 Å². The van der Waals surface area contributed by atoms with Crippen LogP contribution in [0.15, 0.2) is 88.7 Å². The lowest BCUT2D eigenvalue weighted by Crippen LogP contribution is -2.21. The highest BCUT2D eigenvalue weighted by Gasteiger charge is 2.10. The van der Waals surface area contributed by atoms with Crippen molar-refractivity contribution in [2.24, 2.45) is 0 Å². The first kappa shape index (κ1) is 24.4. The zero-order valence-corrected chi connectivity index (χ0v) is 19.3. The molecule has 0 spiro atoms. The van der Waals surface area contributed by atoms with Crippen LogP contribution in [-0.2, 0) is 19.1 Å². The van der Waals surface area contributed by atoms with Crippen molar-refractivity contribution < 1.29 is 19.1 Å². The highest BCUT2D eigenvalue weighted by Crippen LogP contribution is 2.29. The Balaban J connectivity index is 1.32. The Hall–Kier alpha value is -3.29. The van der Waals surface area contributed by atoms with Crippen LogP contribution in [0.4, 0.5) is 11.4 Å². The Morgan fingerprint density at radius 2 is 1.30 bits per heavy atom. The number of carbonyl (C=O) groups excluding carboxylic acids is 3. The summed E-state index contributed by atoms with van der Waals surface area (Å²) >= 11 is 7.50. The molecule has 0 saturated carbocycles. The molecular weight excluding hydrogens is 460 g/mol. The first-order valence-electron chi connectivity index (χ1n) is 10.3. The van der Waals surface area contributed by atoms with Gasteiger partial charge < -0.3 is 15.4 Å². The van der Waals surface area contributed by atoms with Crippen LogP contribution in [0.3, 0.4) is 0 Å². The molecular formula is C25H23ClN2O4S. The largest absolute Gasteiger partial charge is 0.456 e. The Morgan fingerprint density at radius 3 is 1.97 bits per heavy atom. The standard InChI is InChI=1S/C25H23ClN2O4S/c26-18-9-13-21(14-10-18)33-22-15-11-20(12-16-22)27-23(29)7-4-8-25(31)32-17-24(30)28-19-5-2-1-3-6-19/h1-3,5-6,9-16H,4,7-8,17H2,(H,27,29)(H,28,30). The monoisotopic (exact) mass is 482 g/mol. The second kappa shape index (κ2) is 12.7. The van der Waals surface area contributed by atoms with Crippen LogP contribution in [-0.4, -0.2) is 24.4 Å². The number of amides is 2. The zero-order valence-electron chi connectivity index (χ0n) is 17.8. The van der Waals surface area contributed by atoms with Crippen LogP contribution < -0.4 is 10.6 Å². The van der Waals surface area contributed by atoms with Gasteiger partial charge in [0.25, 0.3) is 5.91 Å². The number of esters is 1. The molecule has 2 N–H and O–H groups in total. The molecule has 0 aromatic heterocycles. The number of ether oxygens (including phenoxy) is 1. The SMILES string of the molecule is O=C(CCCC(=O)OCC(=O)Nc1ccccc1)Nc1ccc(Sc2ccc(Cl)cc2)cc1. The van der Waals surface area contributed by atoms with Crippen molar-refractivity contribution in [1.82, 2.24) is 0 Å². The summed E-state index contributed by atoms with van der Waals surface area (Å²) in [5, 5.41) is 6.13. The second-order valence-electron chi connectivity index (χ2n) is 7.06. The normalized spacial score (nSPS) is 10.3. The number of halogens is 1. The third kappa shape index (κ3) is 9.00. The molecule has 0 aliphatic carbocycles. The molecule has 3 aromatic carbocycles. The van der Waals surface area contributed by atoms with Crippen molar-refractivity contribution in [2.45, 2.75) is 29.1 Å². The lowest BCUT2D eigenvalue weighted by molar-refractivity contribution is -0.147. The van der Waals surface area contributed by atoms with E-state index in [4.69, 9.17) is 16.3 Å². The van der Waals surface area contributed by atoms with Gasteiger partial charge in [-0.05, 0) is 67.1 Å². The van der Waals surface area contributed by atoms with Gasteiger partial charge in [0.15, 0.2) is 6.61 Å². The fourth-order valence-electron chi connectivity index (χ4n) is 2.80. The Labute approximate surface area is 201 Å². The van der Waals surface area contributed by atoms with E-state index in [1.165, 1.54) is 0 Å². The molecule has 0 atom stereocenters. The van der Waals surface area contributed by atoms with E-state index in [-0.39, 0.29) is 25.4 Å². The summed E-state index contributed by atoms with van der Waals surface area (Å²) in [6.07, 6.45) is 0.560. The molecule has 0 radical (unpaired) electrons. The summed E-state index contributed by atoms with van der Waals surface area (Å²) in [4.78, 5) is 37.8. The predicted molar refractivity (Wildman–Crippen MR) is 131 cm³/mol. The lowest BCUT2D eigenvalue weighted by atomic mass is 10.2. The molecule has 0 aliphatic heterocycles. The Bertz CT molecular complexity index is 1070. The van der Waals surface area contributed by atoms with Gasteiger partial charge in [-0.3, -0.25) is 14.4 Å². The van der Waals surface area contributed by atoms with Crippen molar-refractivity contribution in [1.29, 1.82) is 0 Å².